The summed E-state index contributed by atoms with van der Waals surface area (Å²) in [5, 5.41) is 4.21. The van der Waals surface area contributed by atoms with Gasteiger partial charge in [0.25, 0.3) is 0 Å². The van der Waals surface area contributed by atoms with E-state index in [1.165, 1.54) is 32.1 Å². The highest BCUT2D eigenvalue weighted by Crippen LogP contribution is 2.56. The van der Waals surface area contributed by atoms with E-state index in [0.29, 0.717) is 29.7 Å². The number of hydrogen-bond donors (Lipinski definition) is 1. The highest BCUT2D eigenvalue weighted by Gasteiger charge is 2.50. The first-order valence-electron chi connectivity index (χ1n) is 7.53. The van der Waals surface area contributed by atoms with Gasteiger partial charge in [-0.3, -0.25) is 4.79 Å². The number of amides is 1. The largest absolute Gasteiger partial charge is 0.353 e. The molecular formula is C15H24BrNO. The van der Waals surface area contributed by atoms with Crippen molar-refractivity contribution < 1.29 is 4.79 Å². The maximum absolute atomic E-state index is 12.5. The zero-order chi connectivity index (χ0) is 12.7. The second kappa shape index (κ2) is 5.15. The molecule has 102 valence electrons. The number of halogens is 1. The van der Waals surface area contributed by atoms with Crippen LogP contribution in [0.25, 0.3) is 0 Å². The van der Waals surface area contributed by atoms with Crippen molar-refractivity contribution in [2.24, 2.45) is 29.6 Å². The third-order valence-corrected chi connectivity index (χ3v) is 5.92. The predicted molar refractivity (Wildman–Crippen MR) is 76.6 cm³/mol. The van der Waals surface area contributed by atoms with Crippen LogP contribution in [-0.4, -0.2) is 17.3 Å². The Hall–Kier alpha value is -0.0500. The summed E-state index contributed by atoms with van der Waals surface area (Å²) >= 11 is 3.45. The fourth-order valence-electron chi connectivity index (χ4n) is 4.93. The number of carbonyl (C=O) groups is 1. The van der Waals surface area contributed by atoms with Crippen LogP contribution in [0, 0.1) is 29.6 Å². The van der Waals surface area contributed by atoms with Gasteiger partial charge in [-0.05, 0) is 69.1 Å². The molecule has 0 heterocycles. The molecule has 4 saturated carbocycles. The van der Waals surface area contributed by atoms with Crippen LogP contribution in [0.15, 0.2) is 0 Å². The van der Waals surface area contributed by atoms with Crippen molar-refractivity contribution in [3.8, 4) is 0 Å². The van der Waals surface area contributed by atoms with Gasteiger partial charge in [0.15, 0.2) is 0 Å². The van der Waals surface area contributed by atoms with Crippen LogP contribution in [-0.2, 0) is 4.79 Å². The van der Waals surface area contributed by atoms with E-state index >= 15 is 0 Å². The molecule has 4 aliphatic carbocycles. The molecule has 4 bridgehead atoms. The average molecular weight is 314 g/mol. The summed E-state index contributed by atoms with van der Waals surface area (Å²) in [7, 11) is 0. The minimum absolute atomic E-state index is 0.314. The maximum Gasteiger partial charge on any atom is 0.223 e. The van der Waals surface area contributed by atoms with Crippen LogP contribution in [0.3, 0.4) is 0 Å². The lowest BCUT2D eigenvalue weighted by Gasteiger charge is -2.53. The Morgan fingerprint density at radius 2 is 1.72 bits per heavy atom. The van der Waals surface area contributed by atoms with Crippen LogP contribution in [0.1, 0.15) is 45.4 Å². The van der Waals surface area contributed by atoms with Crippen LogP contribution in [0.5, 0.6) is 0 Å². The Morgan fingerprint density at radius 1 is 1.17 bits per heavy atom. The van der Waals surface area contributed by atoms with Gasteiger partial charge in [0.1, 0.15) is 0 Å². The molecule has 3 heteroatoms. The Balaban J connectivity index is 1.64. The van der Waals surface area contributed by atoms with Crippen molar-refractivity contribution in [1.29, 1.82) is 0 Å². The number of rotatable bonds is 4. The molecule has 0 aromatic heterocycles. The lowest BCUT2D eigenvalue weighted by atomic mass is 9.51. The van der Waals surface area contributed by atoms with E-state index in [2.05, 4.69) is 28.2 Å². The monoisotopic (exact) mass is 313 g/mol. The van der Waals surface area contributed by atoms with E-state index < -0.39 is 0 Å². The SMILES string of the molecule is CC(CCBr)NC(=O)C1C2CC3CC(C2)CC1C3. The Labute approximate surface area is 118 Å². The molecule has 0 aromatic carbocycles. The Kier molecular flexibility index (Phi) is 3.70. The molecule has 2 nitrogen and oxygen atoms in total. The molecule has 1 unspecified atom stereocenters. The highest BCUT2D eigenvalue weighted by molar-refractivity contribution is 9.09. The summed E-state index contributed by atoms with van der Waals surface area (Å²) in [4.78, 5) is 12.5. The van der Waals surface area contributed by atoms with Gasteiger partial charge in [-0.15, -0.1) is 0 Å². The van der Waals surface area contributed by atoms with Crippen molar-refractivity contribution in [3.05, 3.63) is 0 Å². The number of nitrogens with one attached hydrogen (secondary N) is 1. The fraction of sp³-hybridized carbons (Fsp3) is 0.933. The molecule has 4 rings (SSSR count). The number of hydrogen-bond acceptors (Lipinski definition) is 1. The molecule has 1 atom stereocenters. The summed E-state index contributed by atoms with van der Waals surface area (Å²) in [6.07, 6.45) is 7.81. The number of alkyl halides is 1. The third kappa shape index (κ3) is 2.35. The average Bonchev–Trinajstić information content (AvgIpc) is 2.27. The standard InChI is InChI=1S/C15H24BrNO/c1-9(2-3-16)17-15(18)14-12-5-10-4-11(7-12)8-13(14)6-10/h9-14H,2-8H2,1H3,(H,17,18). The van der Waals surface area contributed by atoms with Gasteiger partial charge in [0.05, 0.1) is 0 Å². The maximum atomic E-state index is 12.5. The van der Waals surface area contributed by atoms with E-state index in [9.17, 15) is 4.79 Å². The smallest absolute Gasteiger partial charge is 0.223 e. The molecule has 1 amide bonds. The van der Waals surface area contributed by atoms with Gasteiger partial charge in [0.2, 0.25) is 5.91 Å². The van der Waals surface area contributed by atoms with E-state index in [1.54, 1.807) is 0 Å². The molecule has 0 saturated heterocycles. The first-order chi connectivity index (χ1) is 8.67. The first-order valence-corrected chi connectivity index (χ1v) is 8.65. The van der Waals surface area contributed by atoms with E-state index in [1.807, 2.05) is 0 Å². The first kappa shape index (κ1) is 13.0. The Morgan fingerprint density at radius 3 is 2.22 bits per heavy atom. The predicted octanol–water partition coefficient (Wildman–Crippen LogP) is 3.35. The van der Waals surface area contributed by atoms with Gasteiger partial charge in [0, 0.05) is 17.3 Å². The topological polar surface area (TPSA) is 29.1 Å². The molecule has 0 aliphatic heterocycles. The van der Waals surface area contributed by atoms with Crippen molar-refractivity contribution >= 4 is 21.8 Å². The van der Waals surface area contributed by atoms with Crippen LogP contribution in [0.2, 0.25) is 0 Å². The van der Waals surface area contributed by atoms with Gasteiger partial charge >= 0.3 is 0 Å². The van der Waals surface area contributed by atoms with Gasteiger partial charge in [-0.25, -0.2) is 0 Å². The molecule has 4 fully saturated rings. The van der Waals surface area contributed by atoms with E-state index in [0.717, 1.165) is 23.6 Å². The molecule has 4 aliphatic rings. The summed E-state index contributed by atoms with van der Waals surface area (Å²) < 4.78 is 0. The van der Waals surface area contributed by atoms with Crippen LogP contribution < -0.4 is 5.32 Å². The van der Waals surface area contributed by atoms with E-state index in [-0.39, 0.29) is 0 Å². The zero-order valence-electron chi connectivity index (χ0n) is 11.2. The second-order valence-electron chi connectivity index (χ2n) is 6.84. The molecule has 18 heavy (non-hydrogen) atoms. The quantitative estimate of drug-likeness (QED) is 0.792. The molecule has 0 spiro atoms. The minimum Gasteiger partial charge on any atom is -0.353 e. The summed E-state index contributed by atoms with van der Waals surface area (Å²) in [6.45, 7) is 2.12. The van der Waals surface area contributed by atoms with Crippen molar-refractivity contribution in [2.45, 2.75) is 51.5 Å². The molecule has 0 radical (unpaired) electrons. The normalized spacial score (nSPS) is 42.9. The highest BCUT2D eigenvalue weighted by atomic mass is 79.9. The summed E-state index contributed by atoms with van der Waals surface area (Å²) in [5.74, 6) is 4.02. The molecule has 1 N–H and O–H groups in total. The van der Waals surface area contributed by atoms with Crippen molar-refractivity contribution in [1.82, 2.24) is 5.32 Å². The van der Waals surface area contributed by atoms with Crippen molar-refractivity contribution in [2.75, 3.05) is 5.33 Å². The fourth-order valence-corrected chi connectivity index (χ4v) is 5.61. The summed E-state index contributed by atoms with van der Waals surface area (Å²) in [6, 6.07) is 0.314. The number of carbonyl (C=O) groups excluding carboxylic acids is 1. The Bertz CT molecular complexity index is 302. The van der Waals surface area contributed by atoms with E-state index in [4.69, 9.17) is 0 Å². The van der Waals surface area contributed by atoms with Gasteiger partial charge in [-0.1, -0.05) is 15.9 Å². The minimum atomic E-state index is 0.314. The second-order valence-corrected chi connectivity index (χ2v) is 7.64. The van der Waals surface area contributed by atoms with Crippen LogP contribution >= 0.6 is 15.9 Å². The summed E-state index contributed by atoms with van der Waals surface area (Å²) in [5.41, 5.74) is 0. The van der Waals surface area contributed by atoms with Gasteiger partial charge < -0.3 is 5.32 Å². The van der Waals surface area contributed by atoms with Crippen molar-refractivity contribution in [3.63, 3.8) is 0 Å². The molecule has 0 aromatic rings. The van der Waals surface area contributed by atoms with Crippen LogP contribution in [0.4, 0.5) is 0 Å². The zero-order valence-corrected chi connectivity index (χ0v) is 12.8. The molecular weight excluding hydrogens is 290 g/mol. The van der Waals surface area contributed by atoms with Gasteiger partial charge in [-0.2, -0.15) is 0 Å². The lowest BCUT2D eigenvalue weighted by molar-refractivity contribution is -0.138. The lowest BCUT2D eigenvalue weighted by Crippen LogP contribution is -2.52. The third-order valence-electron chi connectivity index (χ3n) is 5.46.